The third kappa shape index (κ3) is 9.93. The molecule has 0 amide bonds. The Hall–Kier alpha value is -0.0700. The zero-order chi connectivity index (χ0) is 9.11. The largest absolute Gasteiger partial charge is 0.255 e. The van der Waals surface area contributed by atoms with E-state index in [4.69, 9.17) is 0 Å². The van der Waals surface area contributed by atoms with E-state index in [1.807, 2.05) is 13.8 Å². The molecule has 11 heavy (non-hydrogen) atoms. The van der Waals surface area contributed by atoms with Crippen LogP contribution in [0.5, 0.6) is 0 Å². The molecule has 1 heteroatoms. The van der Waals surface area contributed by atoms with E-state index in [0.717, 1.165) is 5.92 Å². The number of rotatable bonds is 0. The summed E-state index contributed by atoms with van der Waals surface area (Å²) in [6.45, 7) is 6.36. The van der Waals surface area contributed by atoms with Crippen LogP contribution in [0.25, 0.3) is 0 Å². The summed E-state index contributed by atoms with van der Waals surface area (Å²) < 4.78 is 9.50. The number of alkyl halides is 1. The molecule has 1 rings (SSSR count). The van der Waals surface area contributed by atoms with E-state index in [2.05, 4.69) is 6.92 Å². The maximum Gasteiger partial charge on any atom is 0.0785 e. The second kappa shape index (κ2) is 12.6. The molecule has 0 saturated heterocycles. The minimum Gasteiger partial charge on any atom is -0.255 e. The first-order valence-corrected chi connectivity index (χ1v) is 4.77. The molecule has 0 aromatic heterocycles. The molecule has 0 N–H and O–H groups in total. The van der Waals surface area contributed by atoms with Gasteiger partial charge in [0.25, 0.3) is 0 Å². The van der Waals surface area contributed by atoms with E-state index in [1.54, 1.807) is 0 Å². The van der Waals surface area contributed by atoms with Crippen LogP contribution < -0.4 is 0 Å². The summed E-state index contributed by atoms with van der Waals surface area (Å²) in [5.41, 5.74) is 0. The lowest BCUT2D eigenvalue weighted by Crippen LogP contribution is -1.99. The molecule has 1 fully saturated rings. The van der Waals surface area contributed by atoms with Gasteiger partial charge in [0.2, 0.25) is 0 Å². The number of halogens is 1. The average molecular weight is 162 g/mol. The van der Waals surface area contributed by atoms with Crippen LogP contribution in [0.2, 0.25) is 0 Å². The van der Waals surface area contributed by atoms with Crippen LogP contribution in [-0.4, -0.2) is 7.18 Å². The Labute approximate surface area is 71.2 Å². The van der Waals surface area contributed by atoms with Gasteiger partial charge in [0, 0.05) is 0 Å². The Morgan fingerprint density at radius 1 is 0.909 bits per heavy atom. The molecule has 0 atom stereocenters. The van der Waals surface area contributed by atoms with Gasteiger partial charge in [0.15, 0.2) is 0 Å². The van der Waals surface area contributed by atoms with Crippen molar-refractivity contribution in [2.45, 2.75) is 52.9 Å². The Balaban J connectivity index is 0. The predicted molar refractivity (Wildman–Crippen MR) is 50.6 cm³/mol. The molecule has 0 heterocycles. The van der Waals surface area contributed by atoms with Crippen LogP contribution >= 0.6 is 0 Å². The lowest BCUT2D eigenvalue weighted by Gasteiger charge is -2.15. The van der Waals surface area contributed by atoms with E-state index in [9.17, 15) is 4.39 Å². The summed E-state index contributed by atoms with van der Waals surface area (Å²) >= 11 is 0. The predicted octanol–water partition coefficient (Wildman–Crippen LogP) is 4.20. The second-order valence-electron chi connectivity index (χ2n) is 2.74. The molecule has 0 nitrogen and oxygen atoms in total. The van der Waals surface area contributed by atoms with Gasteiger partial charge in [-0.1, -0.05) is 52.9 Å². The third-order valence-corrected chi connectivity index (χ3v) is 1.89. The van der Waals surface area contributed by atoms with Gasteiger partial charge in [0.05, 0.1) is 7.18 Å². The molecular formula is C10H23F. The average Bonchev–Trinajstić information content (AvgIpc) is 2.13. The summed E-state index contributed by atoms with van der Waals surface area (Å²) in [6.07, 6.45) is 7.44. The highest BCUT2D eigenvalue weighted by molar-refractivity contribution is 4.59. The minimum atomic E-state index is 0.500. The fraction of sp³-hybridized carbons (Fsp3) is 1.00. The molecule has 1 aliphatic carbocycles. The van der Waals surface area contributed by atoms with Gasteiger partial charge in [-0.05, 0) is 5.92 Å². The first-order chi connectivity index (χ1) is 5.39. The standard InChI is InChI=1S/C7H14.C2H6.CH3F/c1-7-5-3-2-4-6-7;2*1-2/h7H,2-6H2,1H3;1-2H3;1H3. The lowest BCUT2D eigenvalue weighted by molar-refractivity contribution is 0.385. The van der Waals surface area contributed by atoms with Crippen molar-refractivity contribution in [1.82, 2.24) is 0 Å². The highest BCUT2D eigenvalue weighted by Gasteiger charge is 2.05. The van der Waals surface area contributed by atoms with Gasteiger partial charge >= 0.3 is 0 Å². The summed E-state index contributed by atoms with van der Waals surface area (Å²) in [5, 5.41) is 0. The molecule has 1 aliphatic rings. The van der Waals surface area contributed by atoms with Gasteiger partial charge in [0.1, 0.15) is 0 Å². The first kappa shape index (κ1) is 13.5. The summed E-state index contributed by atoms with van der Waals surface area (Å²) in [7, 11) is 0.500. The van der Waals surface area contributed by atoms with Crippen molar-refractivity contribution in [1.29, 1.82) is 0 Å². The molecule has 0 unspecified atom stereocenters. The van der Waals surface area contributed by atoms with E-state index < -0.39 is 0 Å². The van der Waals surface area contributed by atoms with Crippen molar-refractivity contribution in [3.05, 3.63) is 0 Å². The summed E-state index contributed by atoms with van der Waals surface area (Å²) in [6, 6.07) is 0. The Morgan fingerprint density at radius 3 is 1.45 bits per heavy atom. The number of hydrogen-bond acceptors (Lipinski definition) is 0. The zero-order valence-corrected chi connectivity index (χ0v) is 8.49. The van der Waals surface area contributed by atoms with Crippen LogP contribution in [-0.2, 0) is 0 Å². The van der Waals surface area contributed by atoms with Crippen LogP contribution in [0.4, 0.5) is 4.39 Å². The molecular weight excluding hydrogens is 139 g/mol. The smallest absolute Gasteiger partial charge is 0.0785 e. The van der Waals surface area contributed by atoms with Gasteiger partial charge in [-0.2, -0.15) is 0 Å². The van der Waals surface area contributed by atoms with Gasteiger partial charge < -0.3 is 0 Å². The van der Waals surface area contributed by atoms with Crippen molar-refractivity contribution in [2.24, 2.45) is 5.92 Å². The second-order valence-corrected chi connectivity index (χ2v) is 2.74. The molecule has 0 radical (unpaired) electrons. The molecule has 70 valence electrons. The molecule has 0 spiro atoms. The maximum atomic E-state index is 9.50. The molecule has 1 saturated carbocycles. The van der Waals surface area contributed by atoms with E-state index in [1.165, 1.54) is 32.1 Å². The highest BCUT2D eigenvalue weighted by Crippen LogP contribution is 2.21. The van der Waals surface area contributed by atoms with Gasteiger partial charge in [-0.3, -0.25) is 4.39 Å². The van der Waals surface area contributed by atoms with Gasteiger partial charge in [-0.25, -0.2) is 0 Å². The third-order valence-electron chi connectivity index (χ3n) is 1.89. The van der Waals surface area contributed by atoms with Crippen molar-refractivity contribution >= 4 is 0 Å². The van der Waals surface area contributed by atoms with Crippen molar-refractivity contribution in [3.8, 4) is 0 Å². The van der Waals surface area contributed by atoms with Crippen LogP contribution in [0.15, 0.2) is 0 Å². The van der Waals surface area contributed by atoms with Crippen LogP contribution in [0, 0.1) is 5.92 Å². The number of hydrogen-bond donors (Lipinski definition) is 0. The normalized spacial score (nSPS) is 17.2. The van der Waals surface area contributed by atoms with E-state index >= 15 is 0 Å². The Morgan fingerprint density at radius 2 is 1.27 bits per heavy atom. The minimum absolute atomic E-state index is 0.500. The fourth-order valence-electron chi connectivity index (χ4n) is 1.31. The first-order valence-electron chi connectivity index (χ1n) is 4.77. The van der Waals surface area contributed by atoms with Crippen LogP contribution in [0.1, 0.15) is 52.9 Å². The maximum absolute atomic E-state index is 9.50. The zero-order valence-electron chi connectivity index (χ0n) is 8.49. The van der Waals surface area contributed by atoms with E-state index in [0.29, 0.717) is 7.18 Å². The van der Waals surface area contributed by atoms with Crippen LogP contribution in [0.3, 0.4) is 0 Å². The lowest BCUT2D eigenvalue weighted by atomic mass is 9.91. The van der Waals surface area contributed by atoms with Gasteiger partial charge in [-0.15, -0.1) is 0 Å². The quantitative estimate of drug-likeness (QED) is 0.501. The van der Waals surface area contributed by atoms with Crippen molar-refractivity contribution < 1.29 is 4.39 Å². The Kier molecular flexibility index (Phi) is 15.5. The summed E-state index contributed by atoms with van der Waals surface area (Å²) in [5.74, 6) is 1.04. The highest BCUT2D eigenvalue weighted by atomic mass is 19.1. The molecule has 0 aromatic rings. The SMILES string of the molecule is CC.CC1CCCCC1.CF. The molecule has 0 bridgehead atoms. The topological polar surface area (TPSA) is 0 Å². The van der Waals surface area contributed by atoms with Crippen molar-refractivity contribution in [2.75, 3.05) is 7.18 Å². The van der Waals surface area contributed by atoms with E-state index in [-0.39, 0.29) is 0 Å². The monoisotopic (exact) mass is 162 g/mol. The Bertz CT molecular complexity index is 46.8. The molecule has 0 aliphatic heterocycles. The summed E-state index contributed by atoms with van der Waals surface area (Å²) in [4.78, 5) is 0. The fourth-order valence-corrected chi connectivity index (χ4v) is 1.31. The van der Waals surface area contributed by atoms with Crippen molar-refractivity contribution in [3.63, 3.8) is 0 Å². The molecule has 0 aromatic carbocycles.